The van der Waals surface area contributed by atoms with Crippen molar-refractivity contribution < 1.29 is 13.2 Å². The summed E-state index contributed by atoms with van der Waals surface area (Å²) in [6.07, 6.45) is 0. The lowest BCUT2D eigenvalue weighted by atomic mass is 10.2. The van der Waals surface area contributed by atoms with Gasteiger partial charge in [0.05, 0.1) is 17.5 Å². The molecule has 2 atom stereocenters. The molecule has 17 heavy (non-hydrogen) atoms. The number of nitrogens with one attached hydrogen (secondary N) is 2. The summed E-state index contributed by atoms with van der Waals surface area (Å²) in [4.78, 5) is 13.9. The van der Waals surface area contributed by atoms with Gasteiger partial charge in [-0.15, -0.1) is 0 Å². The first-order chi connectivity index (χ1) is 7.99. The largest absolute Gasteiger partial charge is 0.337 e. The van der Waals surface area contributed by atoms with Crippen LogP contribution in [-0.2, 0) is 14.6 Å². The Morgan fingerprint density at radius 2 is 2.12 bits per heavy atom. The highest BCUT2D eigenvalue weighted by atomic mass is 32.2. The number of carbonyl (C=O) groups is 1. The van der Waals surface area contributed by atoms with E-state index in [4.69, 9.17) is 0 Å². The predicted molar refractivity (Wildman–Crippen MR) is 64.5 cm³/mol. The van der Waals surface area contributed by atoms with Crippen LogP contribution in [0.5, 0.6) is 0 Å². The molecule has 2 rings (SSSR count). The van der Waals surface area contributed by atoms with E-state index >= 15 is 0 Å². The first-order valence-electron chi connectivity index (χ1n) is 5.94. The zero-order valence-electron chi connectivity index (χ0n) is 9.98. The second kappa shape index (κ2) is 4.91. The fourth-order valence-corrected chi connectivity index (χ4v) is 3.91. The van der Waals surface area contributed by atoms with Gasteiger partial charge >= 0.3 is 0 Å². The van der Waals surface area contributed by atoms with E-state index in [-0.39, 0.29) is 29.5 Å². The van der Waals surface area contributed by atoms with Gasteiger partial charge < -0.3 is 15.5 Å². The third kappa shape index (κ3) is 2.97. The van der Waals surface area contributed by atoms with Crippen molar-refractivity contribution in [3.05, 3.63) is 0 Å². The molecule has 2 fully saturated rings. The molecule has 6 nitrogen and oxygen atoms in total. The minimum atomic E-state index is -2.96. The van der Waals surface area contributed by atoms with Crippen LogP contribution in [0.2, 0.25) is 0 Å². The van der Waals surface area contributed by atoms with Crippen LogP contribution in [0.25, 0.3) is 0 Å². The Morgan fingerprint density at radius 1 is 1.35 bits per heavy atom. The Balaban J connectivity index is 2.00. The summed E-state index contributed by atoms with van der Waals surface area (Å²) >= 11 is 0. The van der Waals surface area contributed by atoms with E-state index < -0.39 is 9.84 Å². The van der Waals surface area contributed by atoms with E-state index in [0.717, 1.165) is 13.1 Å². The number of hydrogen-bond donors (Lipinski definition) is 2. The topological polar surface area (TPSA) is 78.5 Å². The van der Waals surface area contributed by atoms with Crippen LogP contribution in [0.4, 0.5) is 0 Å². The summed E-state index contributed by atoms with van der Waals surface area (Å²) in [5.74, 6) is 0.182. The molecule has 0 radical (unpaired) electrons. The molecular formula is C10H19N3O3S. The summed E-state index contributed by atoms with van der Waals surface area (Å²) in [5, 5.41) is 6.31. The minimum Gasteiger partial charge on any atom is -0.337 e. The Kier molecular flexibility index (Phi) is 3.70. The summed E-state index contributed by atoms with van der Waals surface area (Å²) in [5.41, 5.74) is 0. The fraction of sp³-hybridized carbons (Fsp3) is 0.900. The molecule has 2 aliphatic heterocycles. The van der Waals surface area contributed by atoms with Crippen molar-refractivity contribution in [1.82, 2.24) is 15.5 Å². The van der Waals surface area contributed by atoms with Crippen molar-refractivity contribution in [2.45, 2.75) is 19.0 Å². The van der Waals surface area contributed by atoms with Crippen LogP contribution >= 0.6 is 0 Å². The van der Waals surface area contributed by atoms with Gasteiger partial charge in [0, 0.05) is 32.2 Å². The van der Waals surface area contributed by atoms with Gasteiger partial charge in [0.1, 0.15) is 0 Å². The molecular weight excluding hydrogens is 242 g/mol. The Labute approximate surface area is 102 Å². The molecule has 7 heteroatoms. The lowest BCUT2D eigenvalue weighted by Crippen LogP contribution is -2.60. The number of sulfone groups is 1. The van der Waals surface area contributed by atoms with Crippen molar-refractivity contribution in [2.75, 3.05) is 37.7 Å². The number of piperazine rings is 1. The molecule has 2 unspecified atom stereocenters. The zero-order chi connectivity index (χ0) is 12.5. The number of rotatable bonds is 1. The van der Waals surface area contributed by atoms with Crippen LogP contribution < -0.4 is 10.6 Å². The van der Waals surface area contributed by atoms with Crippen molar-refractivity contribution in [2.24, 2.45) is 0 Å². The molecule has 2 saturated heterocycles. The Morgan fingerprint density at radius 3 is 2.71 bits per heavy atom. The van der Waals surface area contributed by atoms with Gasteiger partial charge in [-0.05, 0) is 6.92 Å². The van der Waals surface area contributed by atoms with Crippen molar-refractivity contribution >= 4 is 15.7 Å². The number of amides is 1. The van der Waals surface area contributed by atoms with E-state index in [0.29, 0.717) is 13.1 Å². The maximum Gasteiger partial charge on any atom is 0.241 e. The predicted octanol–water partition coefficient (Wildman–Crippen LogP) is -1.81. The van der Waals surface area contributed by atoms with Gasteiger partial charge in [-0.1, -0.05) is 0 Å². The van der Waals surface area contributed by atoms with Gasteiger partial charge in [0.2, 0.25) is 5.91 Å². The Hall–Kier alpha value is -0.660. The number of carbonyl (C=O) groups excluding carboxylic acids is 1. The lowest BCUT2D eigenvalue weighted by Gasteiger charge is -2.36. The summed E-state index contributed by atoms with van der Waals surface area (Å²) in [7, 11) is -2.96. The summed E-state index contributed by atoms with van der Waals surface area (Å²) < 4.78 is 22.9. The highest BCUT2D eigenvalue weighted by molar-refractivity contribution is 7.91. The second-order valence-corrected chi connectivity index (χ2v) is 6.93. The first-order valence-corrected chi connectivity index (χ1v) is 7.77. The number of nitrogens with zero attached hydrogens (tertiary/aromatic N) is 1. The fourth-order valence-electron chi connectivity index (χ4n) is 2.35. The molecule has 0 aromatic carbocycles. The van der Waals surface area contributed by atoms with E-state index in [9.17, 15) is 13.2 Å². The maximum atomic E-state index is 12.2. The van der Waals surface area contributed by atoms with Crippen LogP contribution in [0.1, 0.15) is 6.92 Å². The molecule has 1 amide bonds. The third-order valence-electron chi connectivity index (χ3n) is 3.29. The molecule has 0 spiro atoms. The van der Waals surface area contributed by atoms with E-state index in [1.54, 1.807) is 11.8 Å². The average Bonchev–Trinajstić information content (AvgIpc) is 2.28. The van der Waals surface area contributed by atoms with Gasteiger partial charge in [-0.25, -0.2) is 8.42 Å². The quantitative estimate of drug-likeness (QED) is 0.582. The second-order valence-electron chi connectivity index (χ2n) is 4.71. The highest BCUT2D eigenvalue weighted by Crippen LogP contribution is 2.13. The van der Waals surface area contributed by atoms with E-state index in [1.807, 2.05) is 0 Å². The van der Waals surface area contributed by atoms with Crippen LogP contribution in [0.15, 0.2) is 0 Å². The first kappa shape index (κ1) is 12.8. The lowest BCUT2D eigenvalue weighted by molar-refractivity contribution is -0.135. The number of hydrogen-bond acceptors (Lipinski definition) is 5. The Bertz CT molecular complexity index is 390. The van der Waals surface area contributed by atoms with E-state index in [1.165, 1.54) is 0 Å². The molecule has 0 aromatic heterocycles. The van der Waals surface area contributed by atoms with Crippen molar-refractivity contribution in [3.8, 4) is 0 Å². The molecule has 2 aliphatic rings. The minimum absolute atomic E-state index is 0.0135. The molecule has 0 aliphatic carbocycles. The van der Waals surface area contributed by atoms with Crippen molar-refractivity contribution in [3.63, 3.8) is 0 Å². The van der Waals surface area contributed by atoms with Crippen LogP contribution in [-0.4, -0.2) is 69.0 Å². The van der Waals surface area contributed by atoms with Crippen LogP contribution in [0, 0.1) is 0 Å². The van der Waals surface area contributed by atoms with Crippen LogP contribution in [0.3, 0.4) is 0 Å². The SMILES string of the molecule is CC1CS(=O)(=O)CCN1C(=O)C1CNCCN1. The molecule has 98 valence electrons. The molecule has 0 bridgehead atoms. The molecule has 0 saturated carbocycles. The van der Waals surface area contributed by atoms with Gasteiger partial charge in [-0.3, -0.25) is 4.79 Å². The molecule has 0 aromatic rings. The normalized spacial score (nSPS) is 33.4. The van der Waals surface area contributed by atoms with Gasteiger partial charge in [0.15, 0.2) is 9.84 Å². The third-order valence-corrected chi connectivity index (χ3v) is 5.09. The zero-order valence-corrected chi connectivity index (χ0v) is 10.8. The highest BCUT2D eigenvalue weighted by Gasteiger charge is 2.34. The standard InChI is InChI=1S/C10H19N3O3S/c1-8-7-17(15,16)5-4-13(8)10(14)9-6-11-2-3-12-9/h8-9,11-12H,2-7H2,1H3. The smallest absolute Gasteiger partial charge is 0.241 e. The van der Waals surface area contributed by atoms with E-state index in [2.05, 4.69) is 10.6 Å². The van der Waals surface area contributed by atoms with Crippen molar-refractivity contribution in [1.29, 1.82) is 0 Å². The monoisotopic (exact) mass is 261 g/mol. The summed E-state index contributed by atoms with van der Waals surface area (Å²) in [6.45, 7) is 4.38. The maximum absolute atomic E-state index is 12.2. The molecule has 2 heterocycles. The van der Waals surface area contributed by atoms with Gasteiger partial charge in [-0.2, -0.15) is 0 Å². The van der Waals surface area contributed by atoms with Gasteiger partial charge in [0.25, 0.3) is 0 Å². The average molecular weight is 261 g/mol. The summed E-state index contributed by atoms with van der Waals surface area (Å²) in [6, 6.07) is -0.433. The molecule has 2 N–H and O–H groups in total.